The Hall–Kier alpha value is -1.08. The summed E-state index contributed by atoms with van der Waals surface area (Å²) < 4.78 is 26.7. The highest BCUT2D eigenvalue weighted by Gasteiger charge is 2.20. The van der Waals surface area contributed by atoms with E-state index in [4.69, 9.17) is 23.2 Å². The Kier molecular flexibility index (Phi) is 4.93. The van der Waals surface area contributed by atoms with Gasteiger partial charge in [0.1, 0.15) is 0 Å². The number of halogens is 3. The van der Waals surface area contributed by atoms with Crippen LogP contribution in [0.1, 0.15) is 10.4 Å². The average molecular weight is 409 g/mol. The molecule has 0 spiro atoms. The van der Waals surface area contributed by atoms with Crippen LogP contribution >= 0.6 is 39.1 Å². The van der Waals surface area contributed by atoms with E-state index in [2.05, 4.69) is 15.9 Å². The fourth-order valence-electron chi connectivity index (χ4n) is 1.54. The molecule has 0 bridgehead atoms. The molecule has 4 nitrogen and oxygen atoms in total. The van der Waals surface area contributed by atoms with Gasteiger partial charge in [0, 0.05) is 14.5 Å². The van der Waals surface area contributed by atoms with E-state index >= 15 is 0 Å². The fourth-order valence-corrected chi connectivity index (χ4v) is 3.41. The minimum absolute atomic E-state index is 0.0958. The third kappa shape index (κ3) is 3.97. The molecule has 0 radical (unpaired) electrons. The van der Waals surface area contributed by atoms with E-state index in [1.54, 1.807) is 12.1 Å². The number of amides is 1. The second-order valence-corrected chi connectivity index (χ2v) is 7.43. The smallest absolute Gasteiger partial charge is 0.266 e. The second-order valence-electron chi connectivity index (χ2n) is 4.02. The Bertz CT molecular complexity index is 809. The number of sulfonamides is 1. The van der Waals surface area contributed by atoms with E-state index in [1.165, 1.54) is 30.3 Å². The van der Waals surface area contributed by atoms with Crippen molar-refractivity contribution in [3.63, 3.8) is 0 Å². The van der Waals surface area contributed by atoms with Crippen molar-refractivity contribution in [3.05, 3.63) is 62.5 Å². The van der Waals surface area contributed by atoms with Crippen molar-refractivity contribution in [2.75, 3.05) is 0 Å². The van der Waals surface area contributed by atoms with Gasteiger partial charge in [0.15, 0.2) is 0 Å². The predicted molar refractivity (Wildman–Crippen MR) is 85.3 cm³/mol. The van der Waals surface area contributed by atoms with Crippen molar-refractivity contribution in [1.29, 1.82) is 0 Å². The molecule has 8 heteroatoms. The van der Waals surface area contributed by atoms with Crippen LogP contribution < -0.4 is 4.72 Å². The highest BCUT2D eigenvalue weighted by molar-refractivity contribution is 9.10. The molecule has 2 aromatic carbocycles. The van der Waals surface area contributed by atoms with Gasteiger partial charge in [-0.2, -0.15) is 0 Å². The van der Waals surface area contributed by atoms with Gasteiger partial charge >= 0.3 is 0 Å². The highest BCUT2D eigenvalue weighted by atomic mass is 79.9. The number of hydrogen-bond acceptors (Lipinski definition) is 3. The first-order valence-electron chi connectivity index (χ1n) is 5.57. The largest absolute Gasteiger partial charge is 0.268 e. The summed E-state index contributed by atoms with van der Waals surface area (Å²) in [6.07, 6.45) is 0. The van der Waals surface area contributed by atoms with Crippen LogP contribution in [-0.4, -0.2) is 14.3 Å². The van der Waals surface area contributed by atoms with Gasteiger partial charge in [-0.1, -0.05) is 29.3 Å². The van der Waals surface area contributed by atoms with Crippen molar-refractivity contribution in [1.82, 2.24) is 4.72 Å². The van der Waals surface area contributed by atoms with Crippen molar-refractivity contribution < 1.29 is 13.2 Å². The van der Waals surface area contributed by atoms with E-state index in [0.717, 1.165) is 0 Å². The van der Waals surface area contributed by atoms with Gasteiger partial charge < -0.3 is 0 Å². The molecule has 0 aliphatic carbocycles. The summed E-state index contributed by atoms with van der Waals surface area (Å²) in [5, 5.41) is 0.581. The van der Waals surface area contributed by atoms with Crippen LogP contribution in [-0.2, 0) is 10.0 Å². The Morgan fingerprint density at radius 1 is 1.05 bits per heavy atom. The number of hydrogen-bond donors (Lipinski definition) is 1. The Morgan fingerprint density at radius 2 is 1.71 bits per heavy atom. The lowest BCUT2D eigenvalue weighted by molar-refractivity contribution is 0.0980. The fraction of sp³-hybridized carbons (Fsp3) is 0. The topological polar surface area (TPSA) is 63.2 Å². The van der Waals surface area contributed by atoms with Crippen molar-refractivity contribution in [2.24, 2.45) is 0 Å². The monoisotopic (exact) mass is 407 g/mol. The first-order chi connectivity index (χ1) is 9.79. The molecule has 0 heterocycles. The van der Waals surface area contributed by atoms with Crippen LogP contribution in [0.2, 0.25) is 10.0 Å². The van der Waals surface area contributed by atoms with Crippen molar-refractivity contribution >= 4 is 55.1 Å². The molecule has 21 heavy (non-hydrogen) atoms. The first-order valence-corrected chi connectivity index (χ1v) is 8.60. The zero-order chi connectivity index (χ0) is 15.6. The van der Waals surface area contributed by atoms with Gasteiger partial charge in [0.2, 0.25) is 0 Å². The minimum Gasteiger partial charge on any atom is -0.268 e. The molecule has 1 amide bonds. The summed E-state index contributed by atoms with van der Waals surface area (Å²) in [5.41, 5.74) is 0.119. The molecule has 0 saturated heterocycles. The lowest BCUT2D eigenvalue weighted by Gasteiger charge is -2.08. The standard InChI is InChI=1S/C13H8BrCl2NO3S/c14-12-5-4-9(16)7-11(12)13(18)17-21(19,20)10-3-1-2-8(15)6-10/h1-7H,(H,17,18). The molecule has 0 saturated carbocycles. The molecule has 1 N–H and O–H groups in total. The normalized spacial score (nSPS) is 11.2. The SMILES string of the molecule is O=C(NS(=O)(=O)c1cccc(Cl)c1)c1cc(Cl)ccc1Br. The molecule has 0 aliphatic rings. The zero-order valence-electron chi connectivity index (χ0n) is 10.3. The van der Waals surface area contributed by atoms with Gasteiger partial charge in [0.25, 0.3) is 15.9 Å². The molecule has 0 aliphatic heterocycles. The third-order valence-electron chi connectivity index (χ3n) is 2.51. The van der Waals surface area contributed by atoms with Crippen LogP contribution in [0.15, 0.2) is 51.8 Å². The van der Waals surface area contributed by atoms with Crippen LogP contribution in [0, 0.1) is 0 Å². The van der Waals surface area contributed by atoms with Crippen LogP contribution in [0.3, 0.4) is 0 Å². The van der Waals surface area contributed by atoms with E-state index < -0.39 is 15.9 Å². The molecular formula is C13H8BrCl2NO3S. The minimum atomic E-state index is -4.01. The Balaban J connectivity index is 2.32. The molecule has 2 rings (SSSR count). The van der Waals surface area contributed by atoms with E-state index in [1.807, 2.05) is 4.72 Å². The molecule has 0 fully saturated rings. The zero-order valence-corrected chi connectivity index (χ0v) is 14.2. The number of rotatable bonds is 3. The van der Waals surface area contributed by atoms with E-state index in [-0.39, 0.29) is 15.5 Å². The Labute approximate surface area is 140 Å². The molecule has 0 atom stereocenters. The maximum Gasteiger partial charge on any atom is 0.266 e. The summed E-state index contributed by atoms with van der Waals surface area (Å²) >= 11 is 14.7. The summed E-state index contributed by atoms with van der Waals surface area (Å²) in [5.74, 6) is -0.788. The van der Waals surface area contributed by atoms with Crippen molar-refractivity contribution in [2.45, 2.75) is 4.90 Å². The summed E-state index contributed by atoms with van der Waals surface area (Å²) in [6.45, 7) is 0. The van der Waals surface area contributed by atoms with Crippen LogP contribution in [0.5, 0.6) is 0 Å². The van der Waals surface area contributed by atoms with Gasteiger partial charge in [-0.05, 0) is 52.3 Å². The van der Waals surface area contributed by atoms with E-state index in [0.29, 0.717) is 9.50 Å². The number of carbonyl (C=O) groups is 1. The number of nitrogens with one attached hydrogen (secondary N) is 1. The number of benzene rings is 2. The molecule has 110 valence electrons. The maximum absolute atomic E-state index is 12.1. The lowest BCUT2D eigenvalue weighted by Crippen LogP contribution is -2.30. The number of carbonyl (C=O) groups excluding carboxylic acids is 1. The third-order valence-corrected chi connectivity index (χ3v) is 5.00. The summed E-state index contributed by atoms with van der Waals surface area (Å²) in [6, 6.07) is 10.1. The lowest BCUT2D eigenvalue weighted by atomic mass is 10.2. The van der Waals surface area contributed by atoms with E-state index in [9.17, 15) is 13.2 Å². The molecule has 0 aromatic heterocycles. The van der Waals surface area contributed by atoms with Gasteiger partial charge in [-0.15, -0.1) is 0 Å². The first kappa shape index (κ1) is 16.3. The van der Waals surface area contributed by atoms with Crippen molar-refractivity contribution in [3.8, 4) is 0 Å². The Morgan fingerprint density at radius 3 is 2.38 bits per heavy atom. The molecular weight excluding hydrogens is 401 g/mol. The molecule has 2 aromatic rings. The van der Waals surface area contributed by atoms with Gasteiger partial charge in [0.05, 0.1) is 10.5 Å². The average Bonchev–Trinajstić information content (AvgIpc) is 2.41. The predicted octanol–water partition coefficient (Wildman–Crippen LogP) is 3.87. The summed E-state index contributed by atoms with van der Waals surface area (Å²) in [7, 11) is -4.01. The van der Waals surface area contributed by atoms with Crippen LogP contribution in [0.4, 0.5) is 0 Å². The molecule has 0 unspecified atom stereocenters. The highest BCUT2D eigenvalue weighted by Crippen LogP contribution is 2.22. The van der Waals surface area contributed by atoms with Crippen LogP contribution in [0.25, 0.3) is 0 Å². The summed E-state index contributed by atoms with van der Waals surface area (Å²) in [4.78, 5) is 12.0. The second kappa shape index (κ2) is 6.36. The quantitative estimate of drug-likeness (QED) is 0.838. The van der Waals surface area contributed by atoms with Gasteiger partial charge in [-0.25, -0.2) is 13.1 Å². The maximum atomic E-state index is 12.1. The van der Waals surface area contributed by atoms with Gasteiger partial charge in [-0.3, -0.25) is 4.79 Å².